The van der Waals surface area contributed by atoms with Crippen LogP contribution in [0.4, 0.5) is 0 Å². The molecule has 1 atom stereocenters. The Balaban J connectivity index is 0.000000416. The molecule has 1 aromatic rings. The first kappa shape index (κ1) is 23.7. The van der Waals surface area contributed by atoms with Crippen molar-refractivity contribution in [2.24, 2.45) is 0 Å². The van der Waals surface area contributed by atoms with Gasteiger partial charge in [0.1, 0.15) is 5.75 Å². The quantitative estimate of drug-likeness (QED) is 0.501. The Morgan fingerprint density at radius 3 is 2.14 bits per heavy atom. The molecule has 1 aromatic carbocycles. The lowest BCUT2D eigenvalue weighted by atomic mass is 9.84. The number of hydrogen-bond acceptors (Lipinski definition) is 5. The molecule has 0 bridgehead atoms. The van der Waals surface area contributed by atoms with E-state index in [2.05, 4.69) is 18.7 Å². The molecule has 0 spiro atoms. The fourth-order valence-electron chi connectivity index (χ4n) is 3.58. The molecule has 0 saturated heterocycles. The van der Waals surface area contributed by atoms with Crippen molar-refractivity contribution in [2.75, 3.05) is 13.1 Å². The van der Waals surface area contributed by atoms with Crippen LogP contribution in [0.25, 0.3) is 0 Å². The maximum Gasteiger partial charge on any atom is 0.328 e. The number of aliphatic hydroxyl groups excluding tert-OH is 1. The third kappa shape index (κ3) is 7.32. The molecule has 0 aromatic heterocycles. The van der Waals surface area contributed by atoms with Gasteiger partial charge < -0.3 is 25.3 Å². The number of nitrogens with zero attached hydrogens (tertiary/aromatic N) is 1. The van der Waals surface area contributed by atoms with Gasteiger partial charge in [0.2, 0.25) is 0 Å². The molecule has 1 aliphatic rings. The van der Waals surface area contributed by atoms with E-state index in [1.165, 1.54) is 37.1 Å². The molecule has 156 valence electrons. The van der Waals surface area contributed by atoms with E-state index >= 15 is 0 Å². The second-order valence-electron chi connectivity index (χ2n) is 6.80. The van der Waals surface area contributed by atoms with E-state index < -0.39 is 11.9 Å². The second kappa shape index (κ2) is 12.2. The van der Waals surface area contributed by atoms with Gasteiger partial charge in [-0.15, -0.1) is 0 Å². The third-order valence-electron chi connectivity index (χ3n) is 4.75. The molecule has 1 aliphatic carbocycles. The highest BCUT2D eigenvalue weighted by Gasteiger charge is 2.25. The lowest BCUT2D eigenvalue weighted by Crippen LogP contribution is -2.40. The predicted octanol–water partition coefficient (Wildman–Crippen LogP) is 2.58. The number of carboxylic acid groups (broad SMARTS) is 2. The van der Waals surface area contributed by atoms with Gasteiger partial charge in [-0.25, -0.2) is 9.59 Å². The molecule has 0 amide bonds. The zero-order valence-electron chi connectivity index (χ0n) is 16.6. The molecule has 0 unspecified atom stereocenters. The van der Waals surface area contributed by atoms with Crippen LogP contribution in [0.2, 0.25) is 0 Å². The Morgan fingerprint density at radius 2 is 1.68 bits per heavy atom. The highest BCUT2D eigenvalue weighted by atomic mass is 16.4. The second-order valence-corrected chi connectivity index (χ2v) is 6.80. The number of aromatic hydroxyl groups is 1. The van der Waals surface area contributed by atoms with Crippen LogP contribution < -0.4 is 0 Å². The number of carbonyl (C=O) groups is 2. The molecule has 7 heteroatoms. The van der Waals surface area contributed by atoms with Gasteiger partial charge in [0.05, 0.1) is 6.61 Å². The lowest BCUT2D eigenvalue weighted by molar-refractivity contribution is -0.134. The summed E-state index contributed by atoms with van der Waals surface area (Å²) < 4.78 is 0. The third-order valence-corrected chi connectivity index (χ3v) is 4.75. The molecule has 2 rings (SSSR count). The standard InChI is InChI=1S/C17H27NO2.C4H4O4/c1-3-9-18(10-4-2)14-6-7-15-13(11-14)5-8-17(20)16(15)12-19;5-3(6)1-2-4(7)8/h5,8,14,19-20H,3-4,6-7,9-12H2,1-2H3;1-2H,(H,5,6)(H,7,8)/t14-;/m0./s1. The first-order valence-corrected chi connectivity index (χ1v) is 9.65. The van der Waals surface area contributed by atoms with Crippen LogP contribution in [0.5, 0.6) is 5.75 Å². The van der Waals surface area contributed by atoms with E-state index in [1.54, 1.807) is 6.07 Å². The number of aliphatic hydroxyl groups is 1. The number of benzene rings is 1. The van der Waals surface area contributed by atoms with Crippen LogP contribution in [0.3, 0.4) is 0 Å². The Labute approximate surface area is 165 Å². The normalized spacial score (nSPS) is 15.8. The van der Waals surface area contributed by atoms with Gasteiger partial charge >= 0.3 is 11.9 Å². The van der Waals surface area contributed by atoms with Crippen LogP contribution in [-0.4, -0.2) is 56.4 Å². The van der Waals surface area contributed by atoms with Gasteiger partial charge in [-0.05, 0) is 62.4 Å². The average molecular weight is 393 g/mol. The summed E-state index contributed by atoms with van der Waals surface area (Å²) in [5.74, 6) is -2.27. The largest absolute Gasteiger partial charge is 0.508 e. The van der Waals surface area contributed by atoms with Crippen molar-refractivity contribution in [3.8, 4) is 5.75 Å². The number of hydrogen-bond donors (Lipinski definition) is 4. The minimum absolute atomic E-state index is 0.0622. The van der Waals surface area contributed by atoms with Crippen molar-refractivity contribution in [3.63, 3.8) is 0 Å². The van der Waals surface area contributed by atoms with E-state index in [0.717, 1.165) is 24.8 Å². The maximum absolute atomic E-state index is 9.84. The lowest BCUT2D eigenvalue weighted by Gasteiger charge is -2.35. The number of rotatable bonds is 8. The molecule has 28 heavy (non-hydrogen) atoms. The van der Waals surface area contributed by atoms with Gasteiger partial charge in [0.25, 0.3) is 0 Å². The van der Waals surface area contributed by atoms with Gasteiger partial charge in [-0.3, -0.25) is 0 Å². The van der Waals surface area contributed by atoms with Crippen molar-refractivity contribution in [3.05, 3.63) is 41.0 Å². The SMILES string of the molecule is CCCN(CCC)[C@H]1CCc2c(ccc(O)c2CO)C1.O=C(O)C=CC(=O)O. The fraction of sp³-hybridized carbons (Fsp3) is 0.524. The summed E-state index contributed by atoms with van der Waals surface area (Å²) in [6.45, 7) is 6.74. The van der Waals surface area contributed by atoms with E-state index in [-0.39, 0.29) is 12.4 Å². The summed E-state index contributed by atoms with van der Waals surface area (Å²) >= 11 is 0. The van der Waals surface area contributed by atoms with Crippen molar-refractivity contribution >= 4 is 11.9 Å². The number of aliphatic carboxylic acids is 2. The van der Waals surface area contributed by atoms with Crippen LogP contribution in [0.1, 0.15) is 49.8 Å². The molecular weight excluding hydrogens is 362 g/mol. The van der Waals surface area contributed by atoms with Crippen molar-refractivity contribution in [1.82, 2.24) is 4.90 Å². The summed E-state index contributed by atoms with van der Waals surface area (Å²) in [4.78, 5) is 21.7. The molecule has 0 heterocycles. The van der Waals surface area contributed by atoms with Crippen LogP contribution >= 0.6 is 0 Å². The molecule has 0 saturated carbocycles. The first-order chi connectivity index (χ1) is 13.3. The molecule has 4 N–H and O–H groups in total. The predicted molar refractivity (Wildman–Crippen MR) is 106 cm³/mol. The van der Waals surface area contributed by atoms with Crippen molar-refractivity contribution < 1.29 is 30.0 Å². The highest BCUT2D eigenvalue weighted by molar-refractivity contribution is 5.89. The zero-order valence-corrected chi connectivity index (χ0v) is 16.6. The smallest absolute Gasteiger partial charge is 0.328 e. The van der Waals surface area contributed by atoms with Crippen LogP contribution in [-0.2, 0) is 29.0 Å². The van der Waals surface area contributed by atoms with E-state index in [4.69, 9.17) is 10.2 Å². The summed E-state index contributed by atoms with van der Waals surface area (Å²) in [5.41, 5.74) is 3.22. The van der Waals surface area contributed by atoms with Crippen molar-refractivity contribution in [1.29, 1.82) is 0 Å². The Kier molecular flexibility index (Phi) is 10.3. The number of carboxylic acids is 2. The Morgan fingerprint density at radius 1 is 1.11 bits per heavy atom. The summed E-state index contributed by atoms with van der Waals surface area (Å²) in [6, 6.07) is 4.38. The molecule has 0 radical (unpaired) electrons. The molecule has 7 nitrogen and oxygen atoms in total. The molecular formula is C21H31NO6. The van der Waals surface area contributed by atoms with E-state index in [9.17, 15) is 19.8 Å². The minimum atomic E-state index is -1.26. The van der Waals surface area contributed by atoms with Gasteiger partial charge in [-0.1, -0.05) is 19.9 Å². The van der Waals surface area contributed by atoms with Gasteiger partial charge in [0.15, 0.2) is 0 Å². The summed E-state index contributed by atoms with van der Waals surface area (Å²) in [6.07, 6.45) is 6.65. The monoisotopic (exact) mass is 393 g/mol. The van der Waals surface area contributed by atoms with Crippen molar-refractivity contribution in [2.45, 2.75) is 58.6 Å². The average Bonchev–Trinajstić information content (AvgIpc) is 2.66. The van der Waals surface area contributed by atoms with Crippen LogP contribution in [0.15, 0.2) is 24.3 Å². The van der Waals surface area contributed by atoms with Crippen LogP contribution in [0, 0.1) is 0 Å². The first-order valence-electron chi connectivity index (χ1n) is 9.65. The zero-order chi connectivity index (χ0) is 21.1. The van der Waals surface area contributed by atoms with E-state index in [0.29, 0.717) is 18.2 Å². The molecule has 0 aliphatic heterocycles. The summed E-state index contributed by atoms with van der Waals surface area (Å²) in [7, 11) is 0. The minimum Gasteiger partial charge on any atom is -0.508 e. The molecule has 0 fully saturated rings. The number of fused-ring (bicyclic) bond motifs is 1. The Hall–Kier alpha value is -2.38. The number of phenols is 1. The van der Waals surface area contributed by atoms with Gasteiger partial charge in [0, 0.05) is 23.8 Å². The maximum atomic E-state index is 9.84. The Bertz CT molecular complexity index is 664. The van der Waals surface area contributed by atoms with Gasteiger partial charge in [-0.2, -0.15) is 0 Å². The van der Waals surface area contributed by atoms with E-state index in [1.807, 2.05) is 6.07 Å². The summed E-state index contributed by atoms with van der Waals surface area (Å²) in [5, 5.41) is 34.9. The topological polar surface area (TPSA) is 118 Å². The fourth-order valence-corrected chi connectivity index (χ4v) is 3.58. The highest BCUT2D eigenvalue weighted by Crippen LogP contribution is 2.32.